The molecule has 0 aliphatic carbocycles. The second kappa shape index (κ2) is 16.2. The predicted molar refractivity (Wildman–Crippen MR) is 130 cm³/mol. The molecule has 2 rings (SSSR count). The number of hydrogen-bond donors (Lipinski definition) is 6. The Labute approximate surface area is 205 Å². The number of aromatic hydroxyl groups is 2. The maximum absolute atomic E-state index is 9.34. The van der Waals surface area contributed by atoms with E-state index in [0.29, 0.717) is 11.4 Å². The molecule has 0 aromatic heterocycles. The van der Waals surface area contributed by atoms with Crippen molar-refractivity contribution in [3.63, 3.8) is 0 Å². The van der Waals surface area contributed by atoms with E-state index in [1.54, 1.807) is 12.1 Å². The number of guanidine groups is 2. The monoisotopic (exact) mass is 620 g/mol. The number of benzene rings is 2. The van der Waals surface area contributed by atoms with Crippen molar-refractivity contribution < 1.29 is 10.2 Å². The predicted octanol–water partition coefficient (Wildman–Crippen LogP) is 0.756. The summed E-state index contributed by atoms with van der Waals surface area (Å²) in [5, 5.41) is 25.1. The van der Waals surface area contributed by atoms with Crippen molar-refractivity contribution in [1.82, 2.24) is 0 Å². The number of hydrogen-bond acceptors (Lipinski definition) is 6. The minimum atomic E-state index is -0.218. The average molecular weight is 622 g/mol. The van der Waals surface area contributed by atoms with Gasteiger partial charge in [-0.25, -0.2) is 0 Å². The van der Waals surface area contributed by atoms with E-state index >= 15 is 0 Å². The Bertz CT molecular complexity index is 871. The molecule has 0 heterocycles. The van der Waals surface area contributed by atoms with E-state index in [1.165, 1.54) is 8.70 Å². The first-order valence-electron chi connectivity index (χ1n) is 7.16. The molecule has 10 N–H and O–H groups in total. The fraction of sp³-hybridized carbons (Fsp3) is 0. The molecule has 2 aromatic rings. The van der Waals surface area contributed by atoms with Crippen molar-refractivity contribution >= 4 is 107 Å². The Kier molecular flexibility index (Phi) is 16.5. The Morgan fingerprint density at radius 2 is 1.07 bits per heavy atom. The molecule has 0 saturated carbocycles. The Balaban J connectivity index is 0. The van der Waals surface area contributed by atoms with Gasteiger partial charge >= 0.3 is 116 Å². The van der Waals surface area contributed by atoms with E-state index in [4.69, 9.17) is 46.5 Å². The summed E-state index contributed by atoms with van der Waals surface area (Å²) in [7, 11) is 0. The summed E-state index contributed by atoms with van der Waals surface area (Å²) < 4.78 is 8.27. The van der Waals surface area contributed by atoms with Crippen molar-refractivity contribution in [2.24, 2.45) is 30.7 Å². The van der Waals surface area contributed by atoms with Gasteiger partial charge in [0.1, 0.15) is 0 Å². The Hall–Kier alpha value is -1.54. The van der Waals surface area contributed by atoms with Gasteiger partial charge in [0.05, 0.1) is 0 Å². The van der Waals surface area contributed by atoms with Crippen LogP contribution in [0.4, 0.5) is 11.4 Å². The number of nitrogens with zero attached hydrogens (tertiary/aromatic N) is 4. The van der Waals surface area contributed by atoms with Crippen LogP contribution in [0.25, 0.3) is 0 Å². The van der Waals surface area contributed by atoms with Crippen LogP contribution >= 0.6 is 48.4 Å². The zero-order valence-electron chi connectivity index (χ0n) is 14.9. The van der Waals surface area contributed by atoms with Crippen LogP contribution in [0.5, 0.6) is 11.5 Å². The van der Waals surface area contributed by atoms with Crippen LogP contribution in [-0.2, 0) is 0 Å². The van der Waals surface area contributed by atoms with Crippen LogP contribution in [0, 0.1) is 0 Å². The molecule has 0 saturated heterocycles. The minimum absolute atomic E-state index is 0. The molecule has 2 aromatic carbocycles. The third kappa shape index (κ3) is 11.6. The van der Waals surface area contributed by atoms with Gasteiger partial charge in [-0.3, -0.25) is 0 Å². The third-order valence-corrected chi connectivity index (χ3v) is 11.5. The average Bonchev–Trinajstić information content (AvgIpc) is 2.69. The van der Waals surface area contributed by atoms with E-state index in [0.717, 1.165) is 0 Å². The molecule has 164 valence electrons. The summed E-state index contributed by atoms with van der Waals surface area (Å²) in [5.74, 6) is -0.176. The van der Waals surface area contributed by atoms with E-state index in [-0.39, 0.29) is 74.5 Å². The summed E-state index contributed by atoms with van der Waals surface area (Å²) >= 11 is 9.78. The van der Waals surface area contributed by atoms with Crippen molar-refractivity contribution in [3.05, 3.63) is 36.4 Å². The number of phenolic OH excluding ortho intramolecular Hbond substituents is 2. The van der Waals surface area contributed by atoms with Crippen LogP contribution in [-0.4, -0.2) is 48.4 Å². The fourth-order valence-electron chi connectivity index (χ4n) is 1.46. The molecule has 30 heavy (non-hydrogen) atoms. The summed E-state index contributed by atoms with van der Waals surface area (Å²) in [6, 6.07) is 10.7. The second-order valence-corrected chi connectivity index (χ2v) is 12.5. The van der Waals surface area contributed by atoms with Gasteiger partial charge in [0.25, 0.3) is 11.9 Å². The molecule has 0 aliphatic heterocycles. The quantitative estimate of drug-likeness (QED) is 0.0715. The van der Waals surface area contributed by atoms with E-state index in [1.807, 2.05) is 24.3 Å². The zero-order chi connectivity index (χ0) is 21.1. The molecular formula is C14H18As2Cl4N8O2. The summed E-state index contributed by atoms with van der Waals surface area (Å²) in [4.78, 5) is 0. The summed E-state index contributed by atoms with van der Waals surface area (Å²) in [5.41, 5.74) is 22.1. The first-order valence-corrected chi connectivity index (χ1v) is 14.9. The van der Waals surface area contributed by atoms with Gasteiger partial charge in [0.15, 0.2) is 0 Å². The van der Waals surface area contributed by atoms with E-state index < -0.39 is 0 Å². The molecule has 0 bridgehead atoms. The summed E-state index contributed by atoms with van der Waals surface area (Å²) in [6.45, 7) is 0. The topological polar surface area (TPSA) is 194 Å². The number of anilines is 2. The zero-order valence-corrected chi connectivity index (χ0v) is 21.8. The molecule has 0 radical (unpaired) electrons. The van der Waals surface area contributed by atoms with Crippen molar-refractivity contribution in [1.29, 1.82) is 0 Å². The number of nitrogens with two attached hydrogens (primary N) is 4. The van der Waals surface area contributed by atoms with E-state index in [2.05, 4.69) is 19.3 Å². The van der Waals surface area contributed by atoms with E-state index in [9.17, 15) is 10.2 Å². The first kappa shape index (κ1) is 30.6. The third-order valence-electron chi connectivity index (χ3n) is 2.73. The molecule has 16 heteroatoms. The van der Waals surface area contributed by atoms with Crippen LogP contribution < -0.4 is 31.6 Å². The van der Waals surface area contributed by atoms with Gasteiger partial charge in [-0.2, -0.15) is 0 Å². The van der Waals surface area contributed by atoms with Crippen LogP contribution in [0.15, 0.2) is 55.6 Å². The molecule has 10 nitrogen and oxygen atoms in total. The Morgan fingerprint density at radius 1 is 0.733 bits per heavy atom. The number of nitrogen functional groups attached to an aromatic ring is 2. The molecule has 0 spiro atoms. The molecule has 0 aliphatic rings. The van der Waals surface area contributed by atoms with Crippen molar-refractivity contribution in [3.8, 4) is 11.5 Å². The van der Waals surface area contributed by atoms with Crippen LogP contribution in [0.3, 0.4) is 0 Å². The SMILES string of the molecule is Cl.Cl.NC(N=NC(N)=NCl)=NCl.Nc1cc([As]=[As]c2ccc(O)c(N)c2)ccc1O. The van der Waals surface area contributed by atoms with Crippen molar-refractivity contribution in [2.45, 2.75) is 0 Å². The Morgan fingerprint density at radius 3 is 1.33 bits per heavy atom. The van der Waals surface area contributed by atoms with Gasteiger partial charge in [-0.05, 0) is 0 Å². The van der Waals surface area contributed by atoms with Gasteiger partial charge in [-0.15, -0.1) is 44.1 Å². The standard InChI is InChI=1S/C12H12As2N2O2.C2H4Cl2N6.2ClH/c15-9-5-7(1-3-11(9)17)13-14-8-2-4-12(18)10(16)6-8;3-7-1(5)9-10-2(6)8-4;;/h1-6,17-18H,15-16H2;(H2,5,7)(H2,6,8);2*1H. The van der Waals surface area contributed by atoms with Gasteiger partial charge in [0, 0.05) is 23.6 Å². The van der Waals surface area contributed by atoms with Gasteiger partial charge < -0.3 is 11.5 Å². The molecular weight excluding hydrogens is 604 g/mol. The molecule has 0 amide bonds. The van der Waals surface area contributed by atoms with Gasteiger partial charge in [0.2, 0.25) is 0 Å². The number of azo groups is 1. The molecule has 0 atom stereocenters. The maximum atomic E-state index is 9.34. The molecule has 0 fully saturated rings. The number of rotatable bonds is 2. The van der Waals surface area contributed by atoms with Gasteiger partial charge in [-0.1, -0.05) is 0 Å². The fourth-order valence-corrected chi connectivity index (χ4v) is 8.66. The number of phenols is 2. The second-order valence-electron chi connectivity index (χ2n) is 4.77. The normalized spacial score (nSPS) is 11.4. The van der Waals surface area contributed by atoms with Crippen LogP contribution in [0.1, 0.15) is 0 Å². The first-order chi connectivity index (χ1) is 13.3. The van der Waals surface area contributed by atoms with Crippen molar-refractivity contribution in [2.75, 3.05) is 11.5 Å². The number of halogens is 4. The van der Waals surface area contributed by atoms with Crippen LogP contribution in [0.2, 0.25) is 0 Å². The molecule has 0 unspecified atom stereocenters. The summed E-state index contributed by atoms with van der Waals surface area (Å²) in [6.07, 6.45) is 0.